The van der Waals surface area contributed by atoms with E-state index in [1.54, 1.807) is 4.90 Å². The summed E-state index contributed by atoms with van der Waals surface area (Å²) >= 11 is 0. The second-order valence-corrected chi connectivity index (χ2v) is 5.95. The van der Waals surface area contributed by atoms with E-state index in [2.05, 4.69) is 6.08 Å². The Morgan fingerprint density at radius 3 is 2.65 bits per heavy atom. The molecule has 0 spiro atoms. The molecule has 1 aliphatic rings. The first-order valence-electron chi connectivity index (χ1n) is 6.94. The van der Waals surface area contributed by atoms with E-state index in [0.29, 0.717) is 12.2 Å². The number of nitrogen functional groups attached to an aromatic ring is 1. The van der Waals surface area contributed by atoms with Crippen LogP contribution in [0.25, 0.3) is 5.70 Å². The second-order valence-electron chi connectivity index (χ2n) is 5.95. The largest absolute Gasteiger partial charge is 0.443 e. The maximum Gasteiger partial charge on any atom is 0.414 e. The molecule has 0 saturated carbocycles. The van der Waals surface area contributed by atoms with Gasteiger partial charge in [-0.2, -0.15) is 0 Å². The molecule has 0 radical (unpaired) electrons. The number of carbonyl (C=O) groups excluding carboxylic acids is 1. The lowest BCUT2D eigenvalue weighted by Crippen LogP contribution is -2.37. The SMILES string of the molecule is CC(C)(C)OC(=O)N1CCCC=C1c1ccccc1N. The highest BCUT2D eigenvalue weighted by Crippen LogP contribution is 2.30. The molecule has 2 N–H and O–H groups in total. The maximum absolute atomic E-state index is 12.3. The van der Waals surface area contributed by atoms with Gasteiger partial charge in [0.1, 0.15) is 5.60 Å². The Bertz CT molecular complexity index is 530. The van der Waals surface area contributed by atoms with Crippen LogP contribution >= 0.6 is 0 Å². The zero-order valence-electron chi connectivity index (χ0n) is 12.3. The normalized spacial score (nSPS) is 15.8. The lowest BCUT2D eigenvalue weighted by Gasteiger charge is -2.31. The molecule has 0 aliphatic carbocycles. The van der Waals surface area contributed by atoms with Crippen molar-refractivity contribution in [3.8, 4) is 0 Å². The highest BCUT2D eigenvalue weighted by atomic mass is 16.6. The Morgan fingerprint density at radius 2 is 2.00 bits per heavy atom. The zero-order valence-corrected chi connectivity index (χ0v) is 12.3. The molecular weight excluding hydrogens is 252 g/mol. The first kappa shape index (κ1) is 14.4. The minimum absolute atomic E-state index is 0.313. The first-order chi connectivity index (χ1) is 9.38. The quantitative estimate of drug-likeness (QED) is 0.795. The number of nitrogens with two attached hydrogens (primary N) is 1. The highest BCUT2D eigenvalue weighted by molar-refractivity contribution is 5.86. The summed E-state index contributed by atoms with van der Waals surface area (Å²) in [5, 5.41) is 0. The molecule has 0 unspecified atom stereocenters. The van der Waals surface area contributed by atoms with Crippen LogP contribution in [0.15, 0.2) is 30.3 Å². The number of rotatable bonds is 1. The van der Waals surface area contributed by atoms with Crippen LogP contribution in [0.2, 0.25) is 0 Å². The van der Waals surface area contributed by atoms with Crippen LogP contribution in [-0.2, 0) is 4.74 Å². The molecule has 4 heteroatoms. The molecule has 1 heterocycles. The van der Waals surface area contributed by atoms with Crippen molar-refractivity contribution >= 4 is 17.5 Å². The molecule has 1 aromatic rings. The number of para-hydroxylation sites is 1. The van der Waals surface area contributed by atoms with Crippen molar-refractivity contribution in [2.45, 2.75) is 39.2 Å². The summed E-state index contributed by atoms with van der Waals surface area (Å²) in [5.74, 6) is 0. The van der Waals surface area contributed by atoms with Gasteiger partial charge in [-0.3, -0.25) is 4.90 Å². The van der Waals surface area contributed by atoms with Gasteiger partial charge in [-0.05, 0) is 39.7 Å². The van der Waals surface area contributed by atoms with Crippen LogP contribution in [0.5, 0.6) is 0 Å². The molecule has 1 aliphatic heterocycles. The number of anilines is 1. The van der Waals surface area contributed by atoms with E-state index in [-0.39, 0.29) is 6.09 Å². The minimum atomic E-state index is -0.498. The van der Waals surface area contributed by atoms with Crippen molar-refractivity contribution < 1.29 is 9.53 Å². The average molecular weight is 274 g/mol. The number of allylic oxidation sites excluding steroid dienone is 1. The minimum Gasteiger partial charge on any atom is -0.443 e. The molecule has 0 saturated heterocycles. The first-order valence-corrected chi connectivity index (χ1v) is 6.94. The van der Waals surface area contributed by atoms with E-state index in [0.717, 1.165) is 24.1 Å². The van der Waals surface area contributed by atoms with Gasteiger partial charge in [-0.25, -0.2) is 4.79 Å². The summed E-state index contributed by atoms with van der Waals surface area (Å²) in [7, 11) is 0. The van der Waals surface area contributed by atoms with E-state index in [4.69, 9.17) is 10.5 Å². The third kappa shape index (κ3) is 3.32. The van der Waals surface area contributed by atoms with Gasteiger partial charge >= 0.3 is 6.09 Å². The number of carbonyl (C=O) groups is 1. The van der Waals surface area contributed by atoms with Crippen LogP contribution in [0, 0.1) is 0 Å². The van der Waals surface area contributed by atoms with Gasteiger partial charge in [-0.1, -0.05) is 24.3 Å². The van der Waals surface area contributed by atoms with Gasteiger partial charge in [0.05, 0.1) is 5.70 Å². The van der Waals surface area contributed by atoms with Crippen molar-refractivity contribution in [2.75, 3.05) is 12.3 Å². The fourth-order valence-electron chi connectivity index (χ4n) is 2.21. The molecule has 0 aromatic heterocycles. The number of hydrogen-bond acceptors (Lipinski definition) is 3. The molecule has 1 amide bonds. The monoisotopic (exact) mass is 274 g/mol. The van der Waals surface area contributed by atoms with Crippen molar-refractivity contribution in [3.05, 3.63) is 35.9 Å². The fraction of sp³-hybridized carbons (Fsp3) is 0.438. The summed E-state index contributed by atoms with van der Waals surface area (Å²) in [6, 6.07) is 7.59. The lowest BCUT2D eigenvalue weighted by atomic mass is 10.0. The van der Waals surface area contributed by atoms with Crippen LogP contribution in [0.3, 0.4) is 0 Å². The number of benzene rings is 1. The Balaban J connectivity index is 2.29. The van der Waals surface area contributed by atoms with Crippen molar-refractivity contribution in [3.63, 3.8) is 0 Å². The fourth-order valence-corrected chi connectivity index (χ4v) is 2.21. The predicted octanol–water partition coefficient (Wildman–Crippen LogP) is 3.64. The topological polar surface area (TPSA) is 55.6 Å². The predicted molar refractivity (Wildman–Crippen MR) is 81.0 cm³/mol. The number of ether oxygens (including phenoxy) is 1. The van der Waals surface area contributed by atoms with Crippen LogP contribution in [0.4, 0.5) is 10.5 Å². The Kier molecular flexibility index (Phi) is 4.02. The lowest BCUT2D eigenvalue weighted by molar-refractivity contribution is 0.0347. The number of hydrogen-bond donors (Lipinski definition) is 1. The van der Waals surface area contributed by atoms with Crippen LogP contribution < -0.4 is 5.73 Å². The van der Waals surface area contributed by atoms with Crippen LogP contribution in [0.1, 0.15) is 39.2 Å². The van der Waals surface area contributed by atoms with Gasteiger partial charge in [0.25, 0.3) is 0 Å². The standard InChI is InChI=1S/C16H22N2O2/c1-16(2,3)20-15(19)18-11-7-6-10-14(18)12-8-4-5-9-13(12)17/h4-5,8-10H,6-7,11,17H2,1-3H3. The summed E-state index contributed by atoms with van der Waals surface area (Å²) in [5.41, 5.74) is 7.94. The Labute approximate surface area is 120 Å². The van der Waals surface area contributed by atoms with E-state index in [1.807, 2.05) is 45.0 Å². The molecule has 2 rings (SSSR count). The second kappa shape index (κ2) is 5.57. The van der Waals surface area contributed by atoms with Gasteiger partial charge in [0, 0.05) is 17.8 Å². The highest BCUT2D eigenvalue weighted by Gasteiger charge is 2.27. The molecule has 0 bridgehead atoms. The van der Waals surface area contributed by atoms with Gasteiger partial charge in [-0.15, -0.1) is 0 Å². The van der Waals surface area contributed by atoms with Gasteiger partial charge < -0.3 is 10.5 Å². The molecule has 0 atom stereocenters. The molecule has 0 fully saturated rings. The number of amides is 1. The van der Waals surface area contributed by atoms with Crippen molar-refractivity contribution in [2.24, 2.45) is 0 Å². The summed E-state index contributed by atoms with van der Waals surface area (Å²) < 4.78 is 5.47. The van der Waals surface area contributed by atoms with Crippen molar-refractivity contribution in [1.29, 1.82) is 0 Å². The van der Waals surface area contributed by atoms with Gasteiger partial charge in [0.2, 0.25) is 0 Å². The molecule has 1 aromatic carbocycles. The van der Waals surface area contributed by atoms with Crippen LogP contribution in [-0.4, -0.2) is 23.1 Å². The molecular formula is C16H22N2O2. The maximum atomic E-state index is 12.3. The number of nitrogens with zero attached hydrogens (tertiary/aromatic N) is 1. The van der Waals surface area contributed by atoms with Gasteiger partial charge in [0.15, 0.2) is 0 Å². The van der Waals surface area contributed by atoms with E-state index in [9.17, 15) is 4.79 Å². The molecule has 108 valence electrons. The Morgan fingerprint density at radius 1 is 1.30 bits per heavy atom. The van der Waals surface area contributed by atoms with Crippen molar-refractivity contribution in [1.82, 2.24) is 4.90 Å². The average Bonchev–Trinajstić information content (AvgIpc) is 2.37. The zero-order chi connectivity index (χ0) is 14.8. The molecule has 20 heavy (non-hydrogen) atoms. The summed E-state index contributed by atoms with van der Waals surface area (Å²) in [4.78, 5) is 14.0. The Hall–Kier alpha value is -1.97. The van der Waals surface area contributed by atoms with E-state index < -0.39 is 5.60 Å². The third-order valence-electron chi connectivity index (χ3n) is 3.06. The smallest absolute Gasteiger partial charge is 0.414 e. The summed E-state index contributed by atoms with van der Waals surface area (Å²) in [6.07, 6.45) is 3.63. The molecule has 4 nitrogen and oxygen atoms in total. The summed E-state index contributed by atoms with van der Waals surface area (Å²) in [6.45, 7) is 6.27. The third-order valence-corrected chi connectivity index (χ3v) is 3.06. The van der Waals surface area contributed by atoms with E-state index >= 15 is 0 Å². The van der Waals surface area contributed by atoms with E-state index in [1.165, 1.54) is 0 Å².